The van der Waals surface area contributed by atoms with Gasteiger partial charge in [-0.25, -0.2) is 4.98 Å². The Morgan fingerprint density at radius 1 is 0.719 bits per heavy atom. The molecule has 32 heavy (non-hydrogen) atoms. The Labute approximate surface area is 195 Å². The van der Waals surface area contributed by atoms with Crippen molar-refractivity contribution in [2.75, 3.05) is 0 Å². The average Bonchev–Trinajstić information content (AvgIpc) is 2.85. The summed E-state index contributed by atoms with van der Waals surface area (Å²) in [5.74, 6) is 0. The van der Waals surface area contributed by atoms with Crippen LogP contribution in [0.1, 0.15) is 16.8 Å². The molecule has 0 bridgehead atoms. The molecule has 156 valence electrons. The molecule has 0 radical (unpaired) electrons. The van der Waals surface area contributed by atoms with E-state index in [9.17, 15) is 5.11 Å². The first kappa shape index (κ1) is 20.7. The third-order valence-electron chi connectivity index (χ3n) is 5.58. The van der Waals surface area contributed by atoms with Crippen molar-refractivity contribution in [2.24, 2.45) is 0 Å². The van der Waals surface area contributed by atoms with Crippen molar-refractivity contribution in [3.8, 4) is 11.1 Å². The van der Waals surface area contributed by atoms with Gasteiger partial charge in [-0.2, -0.15) is 0 Å². The SMILES string of the molecule is OC(c1ccccc1)(c1ccc2nc(Cl)c(-c3ccccc3)c(Cl)c2c1)c1ccccn1. The highest BCUT2D eigenvalue weighted by atomic mass is 35.5. The number of benzene rings is 3. The largest absolute Gasteiger partial charge is 0.374 e. The number of hydrogen-bond donors (Lipinski definition) is 1. The molecule has 2 heterocycles. The van der Waals surface area contributed by atoms with Gasteiger partial charge in [0.2, 0.25) is 0 Å². The molecule has 5 heteroatoms. The molecule has 2 aromatic heterocycles. The van der Waals surface area contributed by atoms with Crippen LogP contribution in [0.15, 0.2) is 103 Å². The minimum atomic E-state index is -1.47. The van der Waals surface area contributed by atoms with E-state index in [1.54, 1.807) is 6.20 Å². The van der Waals surface area contributed by atoms with E-state index in [0.29, 0.717) is 43.5 Å². The van der Waals surface area contributed by atoms with Crippen molar-refractivity contribution in [3.63, 3.8) is 0 Å². The molecule has 0 amide bonds. The molecule has 5 aromatic rings. The van der Waals surface area contributed by atoms with Gasteiger partial charge in [-0.15, -0.1) is 0 Å². The van der Waals surface area contributed by atoms with E-state index in [4.69, 9.17) is 23.2 Å². The van der Waals surface area contributed by atoms with Gasteiger partial charge in [0.05, 0.1) is 16.2 Å². The molecule has 0 saturated carbocycles. The maximum atomic E-state index is 12.1. The van der Waals surface area contributed by atoms with E-state index in [1.165, 1.54) is 0 Å². The second-order valence-electron chi connectivity index (χ2n) is 7.48. The maximum Gasteiger partial charge on any atom is 0.157 e. The zero-order valence-corrected chi connectivity index (χ0v) is 18.4. The standard InChI is InChI=1S/C27H18Cl2N2O/c28-25-21-17-20(14-15-22(21)31-26(29)24(25)18-9-3-1-4-10-18)27(32,19-11-5-2-6-12-19)23-13-7-8-16-30-23/h1-17,32H. The molecule has 3 aromatic carbocycles. The fourth-order valence-corrected chi connectivity index (χ4v) is 4.68. The molecule has 0 spiro atoms. The van der Waals surface area contributed by atoms with E-state index in [-0.39, 0.29) is 0 Å². The molecule has 0 aliphatic rings. The molecular formula is C27H18Cl2N2O. The first-order valence-electron chi connectivity index (χ1n) is 10.1. The monoisotopic (exact) mass is 456 g/mol. The highest BCUT2D eigenvalue weighted by Gasteiger charge is 2.35. The summed E-state index contributed by atoms with van der Waals surface area (Å²) in [7, 11) is 0. The topological polar surface area (TPSA) is 46.0 Å². The predicted octanol–water partition coefficient (Wildman–Crippen LogP) is 6.89. The van der Waals surface area contributed by atoms with Gasteiger partial charge in [-0.3, -0.25) is 4.98 Å². The number of aliphatic hydroxyl groups is 1. The Morgan fingerprint density at radius 3 is 2.09 bits per heavy atom. The molecule has 1 N–H and O–H groups in total. The van der Waals surface area contributed by atoms with Gasteiger partial charge >= 0.3 is 0 Å². The lowest BCUT2D eigenvalue weighted by Gasteiger charge is -2.29. The summed E-state index contributed by atoms with van der Waals surface area (Å²) in [6, 6.07) is 30.2. The fraction of sp³-hybridized carbons (Fsp3) is 0.0370. The van der Waals surface area contributed by atoms with Crippen LogP contribution in [0.5, 0.6) is 0 Å². The zero-order chi connectivity index (χ0) is 22.1. The van der Waals surface area contributed by atoms with E-state index in [2.05, 4.69) is 9.97 Å². The van der Waals surface area contributed by atoms with Crippen molar-refractivity contribution >= 4 is 34.1 Å². The Balaban J connectivity index is 1.78. The lowest BCUT2D eigenvalue weighted by atomic mass is 9.82. The Bertz CT molecular complexity index is 1350. The average molecular weight is 457 g/mol. The number of rotatable bonds is 4. The summed E-state index contributed by atoms with van der Waals surface area (Å²) >= 11 is 13.4. The second-order valence-corrected chi connectivity index (χ2v) is 8.22. The third-order valence-corrected chi connectivity index (χ3v) is 6.25. The van der Waals surface area contributed by atoms with Crippen molar-refractivity contribution in [3.05, 3.63) is 130 Å². The van der Waals surface area contributed by atoms with Crippen LogP contribution in [0.3, 0.4) is 0 Å². The quantitative estimate of drug-likeness (QED) is 0.299. The van der Waals surface area contributed by atoms with Gasteiger partial charge < -0.3 is 5.11 Å². The van der Waals surface area contributed by atoms with Crippen molar-refractivity contribution in [2.45, 2.75) is 5.60 Å². The Hall–Kier alpha value is -3.24. The smallest absolute Gasteiger partial charge is 0.157 e. The lowest BCUT2D eigenvalue weighted by molar-refractivity contribution is 0.121. The van der Waals surface area contributed by atoms with Gasteiger partial charge in [0.15, 0.2) is 5.60 Å². The van der Waals surface area contributed by atoms with Crippen LogP contribution in [0.4, 0.5) is 0 Å². The number of fused-ring (bicyclic) bond motifs is 1. The predicted molar refractivity (Wildman–Crippen MR) is 130 cm³/mol. The van der Waals surface area contributed by atoms with Crippen LogP contribution in [0.2, 0.25) is 10.2 Å². The van der Waals surface area contributed by atoms with Gasteiger partial charge in [0.1, 0.15) is 5.15 Å². The summed E-state index contributed by atoms with van der Waals surface area (Å²) in [5, 5.41) is 13.6. The normalized spacial score (nSPS) is 13.1. The molecule has 0 aliphatic carbocycles. The molecule has 0 fully saturated rings. The van der Waals surface area contributed by atoms with Crippen LogP contribution in [-0.2, 0) is 5.60 Å². The Kier molecular flexibility index (Phi) is 5.40. The van der Waals surface area contributed by atoms with Crippen molar-refractivity contribution in [1.29, 1.82) is 0 Å². The van der Waals surface area contributed by atoms with Crippen LogP contribution in [0, 0.1) is 0 Å². The highest BCUT2D eigenvalue weighted by Crippen LogP contribution is 2.41. The van der Waals surface area contributed by atoms with Crippen LogP contribution in [-0.4, -0.2) is 15.1 Å². The summed E-state index contributed by atoms with van der Waals surface area (Å²) in [4.78, 5) is 9.03. The molecular weight excluding hydrogens is 439 g/mol. The summed E-state index contributed by atoms with van der Waals surface area (Å²) in [6.45, 7) is 0. The van der Waals surface area contributed by atoms with Crippen molar-refractivity contribution in [1.82, 2.24) is 9.97 Å². The summed E-state index contributed by atoms with van der Waals surface area (Å²) in [5.41, 5.74) is 2.60. The minimum Gasteiger partial charge on any atom is -0.374 e. The van der Waals surface area contributed by atoms with Crippen LogP contribution >= 0.6 is 23.2 Å². The second kappa shape index (κ2) is 8.36. The zero-order valence-electron chi connectivity index (χ0n) is 16.9. The van der Waals surface area contributed by atoms with E-state index in [1.807, 2.05) is 97.1 Å². The van der Waals surface area contributed by atoms with E-state index < -0.39 is 5.60 Å². The number of nitrogens with zero attached hydrogens (tertiary/aromatic N) is 2. The van der Waals surface area contributed by atoms with Crippen LogP contribution < -0.4 is 0 Å². The molecule has 0 aliphatic heterocycles. The van der Waals surface area contributed by atoms with Gasteiger partial charge in [-0.05, 0) is 41.0 Å². The van der Waals surface area contributed by atoms with Gasteiger partial charge in [-0.1, -0.05) is 96.0 Å². The van der Waals surface area contributed by atoms with E-state index in [0.717, 1.165) is 5.56 Å². The van der Waals surface area contributed by atoms with Gasteiger partial charge in [0.25, 0.3) is 0 Å². The number of hydrogen-bond acceptors (Lipinski definition) is 3. The van der Waals surface area contributed by atoms with Crippen LogP contribution in [0.25, 0.3) is 22.0 Å². The van der Waals surface area contributed by atoms with E-state index >= 15 is 0 Å². The molecule has 1 unspecified atom stereocenters. The summed E-state index contributed by atoms with van der Waals surface area (Å²) < 4.78 is 0. The first-order chi connectivity index (χ1) is 15.6. The molecule has 5 rings (SSSR count). The minimum absolute atomic E-state index is 0.337. The number of halogens is 2. The Morgan fingerprint density at radius 2 is 1.41 bits per heavy atom. The number of aromatic nitrogens is 2. The number of pyridine rings is 2. The summed E-state index contributed by atoms with van der Waals surface area (Å²) in [6.07, 6.45) is 1.67. The highest BCUT2D eigenvalue weighted by molar-refractivity contribution is 6.42. The van der Waals surface area contributed by atoms with Gasteiger partial charge in [0, 0.05) is 17.1 Å². The van der Waals surface area contributed by atoms with Crippen molar-refractivity contribution < 1.29 is 5.11 Å². The third kappa shape index (κ3) is 3.45. The molecule has 3 nitrogen and oxygen atoms in total. The molecule has 1 atom stereocenters. The first-order valence-corrected chi connectivity index (χ1v) is 10.9. The molecule has 0 saturated heterocycles. The maximum absolute atomic E-state index is 12.1. The fourth-order valence-electron chi connectivity index (χ4n) is 3.99. The lowest BCUT2D eigenvalue weighted by Crippen LogP contribution is -2.30.